The molecule has 92 valence electrons. The summed E-state index contributed by atoms with van der Waals surface area (Å²) in [4.78, 5) is 15.9. The Labute approximate surface area is 105 Å². The Morgan fingerprint density at radius 2 is 1.89 bits per heavy atom. The standard InChI is InChI=1S/C14H14N2O2/c17-10-12-7-4-8-13(15-12)16-14(18)9-11-5-2-1-3-6-11/h1-8,17H,9-10H2,(H,15,16,18). The number of aromatic nitrogens is 1. The molecule has 2 aromatic rings. The Morgan fingerprint density at radius 3 is 2.61 bits per heavy atom. The third-order valence-corrected chi connectivity index (χ3v) is 2.44. The van der Waals surface area contributed by atoms with Gasteiger partial charge in [0.25, 0.3) is 0 Å². The van der Waals surface area contributed by atoms with Gasteiger partial charge in [-0.25, -0.2) is 4.98 Å². The number of carbonyl (C=O) groups excluding carboxylic acids is 1. The van der Waals surface area contributed by atoms with E-state index >= 15 is 0 Å². The molecule has 1 aromatic heterocycles. The average molecular weight is 242 g/mol. The second-order valence-corrected chi connectivity index (χ2v) is 3.88. The Hall–Kier alpha value is -2.20. The molecule has 2 N–H and O–H groups in total. The Bertz CT molecular complexity index is 526. The van der Waals surface area contributed by atoms with E-state index in [0.717, 1.165) is 5.56 Å². The monoisotopic (exact) mass is 242 g/mol. The first-order valence-corrected chi connectivity index (χ1v) is 5.68. The van der Waals surface area contributed by atoms with E-state index in [0.29, 0.717) is 17.9 Å². The summed E-state index contributed by atoms with van der Waals surface area (Å²) in [6.45, 7) is -0.137. The zero-order valence-electron chi connectivity index (χ0n) is 9.84. The number of benzene rings is 1. The Morgan fingerprint density at radius 1 is 1.11 bits per heavy atom. The molecule has 0 atom stereocenters. The van der Waals surface area contributed by atoms with Gasteiger partial charge in [0.05, 0.1) is 18.7 Å². The van der Waals surface area contributed by atoms with Crippen LogP contribution in [-0.2, 0) is 17.8 Å². The van der Waals surface area contributed by atoms with Crippen LogP contribution in [-0.4, -0.2) is 16.0 Å². The summed E-state index contributed by atoms with van der Waals surface area (Å²) < 4.78 is 0. The van der Waals surface area contributed by atoms with E-state index < -0.39 is 0 Å². The molecule has 0 saturated heterocycles. The maximum Gasteiger partial charge on any atom is 0.229 e. The van der Waals surface area contributed by atoms with Crippen LogP contribution in [0, 0.1) is 0 Å². The maximum absolute atomic E-state index is 11.8. The van der Waals surface area contributed by atoms with Crippen molar-refractivity contribution in [2.45, 2.75) is 13.0 Å². The average Bonchev–Trinajstić information content (AvgIpc) is 2.40. The topological polar surface area (TPSA) is 62.2 Å². The molecule has 0 aliphatic heterocycles. The number of hydrogen-bond acceptors (Lipinski definition) is 3. The van der Waals surface area contributed by atoms with Crippen LogP contribution < -0.4 is 5.32 Å². The number of aliphatic hydroxyl groups is 1. The molecule has 0 unspecified atom stereocenters. The zero-order valence-corrected chi connectivity index (χ0v) is 9.84. The number of anilines is 1. The molecule has 4 nitrogen and oxygen atoms in total. The minimum absolute atomic E-state index is 0.121. The molecule has 0 aliphatic rings. The third kappa shape index (κ3) is 3.40. The molecule has 2 rings (SSSR count). The highest BCUT2D eigenvalue weighted by Gasteiger charge is 2.04. The predicted molar refractivity (Wildman–Crippen MR) is 68.9 cm³/mol. The normalized spacial score (nSPS) is 10.1. The number of nitrogens with one attached hydrogen (secondary N) is 1. The quantitative estimate of drug-likeness (QED) is 0.858. The van der Waals surface area contributed by atoms with Gasteiger partial charge in [-0.3, -0.25) is 4.79 Å². The van der Waals surface area contributed by atoms with Crippen molar-refractivity contribution in [2.24, 2.45) is 0 Å². The summed E-state index contributed by atoms with van der Waals surface area (Å²) in [6.07, 6.45) is 0.311. The summed E-state index contributed by atoms with van der Waals surface area (Å²) >= 11 is 0. The highest BCUT2D eigenvalue weighted by molar-refractivity contribution is 5.91. The number of hydrogen-bond donors (Lipinski definition) is 2. The van der Waals surface area contributed by atoms with Crippen molar-refractivity contribution in [1.29, 1.82) is 0 Å². The second kappa shape index (κ2) is 5.93. The van der Waals surface area contributed by atoms with Gasteiger partial charge in [0.15, 0.2) is 0 Å². The van der Waals surface area contributed by atoms with Gasteiger partial charge in [-0.1, -0.05) is 36.4 Å². The van der Waals surface area contributed by atoms with Gasteiger partial charge < -0.3 is 10.4 Å². The second-order valence-electron chi connectivity index (χ2n) is 3.88. The van der Waals surface area contributed by atoms with Crippen molar-refractivity contribution in [3.63, 3.8) is 0 Å². The van der Waals surface area contributed by atoms with Crippen molar-refractivity contribution in [2.75, 3.05) is 5.32 Å². The molecule has 1 aromatic carbocycles. The SMILES string of the molecule is O=C(Cc1ccccc1)Nc1cccc(CO)n1. The fraction of sp³-hybridized carbons (Fsp3) is 0.143. The Kier molecular flexibility index (Phi) is 4.04. The fourth-order valence-electron chi connectivity index (χ4n) is 1.61. The number of amides is 1. The van der Waals surface area contributed by atoms with Crippen LogP contribution in [0.25, 0.3) is 0 Å². The van der Waals surface area contributed by atoms with Gasteiger partial charge in [-0.05, 0) is 17.7 Å². The van der Waals surface area contributed by atoms with Gasteiger partial charge in [0, 0.05) is 0 Å². The van der Waals surface area contributed by atoms with Crippen LogP contribution in [0.2, 0.25) is 0 Å². The molecule has 18 heavy (non-hydrogen) atoms. The molecule has 0 radical (unpaired) electrons. The van der Waals surface area contributed by atoms with Gasteiger partial charge in [0.1, 0.15) is 5.82 Å². The third-order valence-electron chi connectivity index (χ3n) is 2.44. The first-order chi connectivity index (χ1) is 8.78. The lowest BCUT2D eigenvalue weighted by molar-refractivity contribution is -0.115. The summed E-state index contributed by atoms with van der Waals surface area (Å²) in [5.41, 5.74) is 1.49. The molecule has 0 fully saturated rings. The molecule has 0 aliphatic carbocycles. The van der Waals surface area contributed by atoms with Crippen molar-refractivity contribution >= 4 is 11.7 Å². The molecular weight excluding hydrogens is 228 g/mol. The van der Waals surface area contributed by atoms with E-state index in [1.54, 1.807) is 18.2 Å². The van der Waals surface area contributed by atoms with E-state index in [9.17, 15) is 4.79 Å². The minimum Gasteiger partial charge on any atom is -0.390 e. The zero-order chi connectivity index (χ0) is 12.8. The molecular formula is C14H14N2O2. The van der Waals surface area contributed by atoms with Crippen LogP contribution >= 0.6 is 0 Å². The van der Waals surface area contributed by atoms with Gasteiger partial charge >= 0.3 is 0 Å². The lowest BCUT2D eigenvalue weighted by Crippen LogP contribution is -2.15. The van der Waals surface area contributed by atoms with Gasteiger partial charge in [0.2, 0.25) is 5.91 Å². The molecule has 1 heterocycles. The summed E-state index contributed by atoms with van der Waals surface area (Å²) in [7, 11) is 0. The van der Waals surface area contributed by atoms with Crippen LogP contribution in [0.4, 0.5) is 5.82 Å². The lowest BCUT2D eigenvalue weighted by Gasteiger charge is -2.05. The fourth-order valence-corrected chi connectivity index (χ4v) is 1.61. The Balaban J connectivity index is 1.99. The summed E-state index contributed by atoms with van der Waals surface area (Å²) in [5, 5.41) is 11.7. The number of nitrogens with zero attached hydrogens (tertiary/aromatic N) is 1. The lowest BCUT2D eigenvalue weighted by atomic mass is 10.1. The first-order valence-electron chi connectivity index (χ1n) is 5.68. The highest BCUT2D eigenvalue weighted by atomic mass is 16.3. The van der Waals surface area contributed by atoms with Crippen LogP contribution in [0.15, 0.2) is 48.5 Å². The number of aliphatic hydroxyl groups excluding tert-OH is 1. The predicted octanol–water partition coefficient (Wildman–Crippen LogP) is 1.76. The van der Waals surface area contributed by atoms with E-state index in [4.69, 9.17) is 5.11 Å². The molecule has 1 amide bonds. The number of rotatable bonds is 4. The minimum atomic E-state index is -0.137. The summed E-state index contributed by atoms with van der Waals surface area (Å²) in [6, 6.07) is 14.6. The smallest absolute Gasteiger partial charge is 0.229 e. The molecule has 4 heteroatoms. The van der Waals surface area contributed by atoms with E-state index in [2.05, 4.69) is 10.3 Å². The number of carbonyl (C=O) groups is 1. The van der Waals surface area contributed by atoms with Crippen molar-refractivity contribution < 1.29 is 9.90 Å². The van der Waals surface area contributed by atoms with Gasteiger partial charge in [-0.2, -0.15) is 0 Å². The van der Waals surface area contributed by atoms with Crippen LogP contribution in [0.5, 0.6) is 0 Å². The van der Waals surface area contributed by atoms with Crippen LogP contribution in [0.1, 0.15) is 11.3 Å². The number of pyridine rings is 1. The van der Waals surface area contributed by atoms with Gasteiger partial charge in [-0.15, -0.1) is 0 Å². The summed E-state index contributed by atoms with van der Waals surface area (Å²) in [5.74, 6) is 0.339. The largest absolute Gasteiger partial charge is 0.390 e. The van der Waals surface area contributed by atoms with E-state index in [1.807, 2.05) is 30.3 Å². The van der Waals surface area contributed by atoms with Crippen molar-refractivity contribution in [1.82, 2.24) is 4.98 Å². The van der Waals surface area contributed by atoms with Crippen LogP contribution in [0.3, 0.4) is 0 Å². The molecule has 0 spiro atoms. The van der Waals surface area contributed by atoms with E-state index in [-0.39, 0.29) is 12.5 Å². The van der Waals surface area contributed by atoms with E-state index in [1.165, 1.54) is 0 Å². The first kappa shape index (κ1) is 12.3. The molecule has 0 saturated carbocycles. The molecule has 0 bridgehead atoms. The highest BCUT2D eigenvalue weighted by Crippen LogP contribution is 2.06. The van der Waals surface area contributed by atoms with Crippen molar-refractivity contribution in [3.8, 4) is 0 Å². The van der Waals surface area contributed by atoms with Crippen molar-refractivity contribution in [3.05, 3.63) is 59.8 Å². The maximum atomic E-state index is 11.8.